The molecule has 0 aromatic heterocycles. The third kappa shape index (κ3) is 5.74. The average molecular weight is 324 g/mol. The van der Waals surface area contributed by atoms with Crippen molar-refractivity contribution in [1.82, 2.24) is 0 Å². The highest BCUT2D eigenvalue weighted by Gasteiger charge is 2.08. The number of hydrogen-bond acceptors (Lipinski definition) is 4. The standard InChI is InChI=1S/C20H20O4/c1-15(2)23-20(21)18-9-11-19(12-10-18)24-16(3)13-22-14-17-7-5-4-6-8-17/h4-12H,1,3,13-14H2,2H3. The van der Waals surface area contributed by atoms with Gasteiger partial charge in [0.1, 0.15) is 18.1 Å². The third-order valence-electron chi connectivity index (χ3n) is 2.99. The van der Waals surface area contributed by atoms with Gasteiger partial charge in [-0.05, 0) is 36.8 Å². The lowest BCUT2D eigenvalue weighted by atomic mass is 10.2. The van der Waals surface area contributed by atoms with E-state index in [0.717, 1.165) is 5.56 Å². The second-order valence-electron chi connectivity index (χ2n) is 5.24. The van der Waals surface area contributed by atoms with Crippen LogP contribution in [0.1, 0.15) is 22.8 Å². The third-order valence-corrected chi connectivity index (χ3v) is 2.99. The number of rotatable bonds is 8. The summed E-state index contributed by atoms with van der Waals surface area (Å²) in [5.74, 6) is 0.974. The molecule has 0 N–H and O–H groups in total. The maximum absolute atomic E-state index is 11.7. The molecule has 0 spiro atoms. The smallest absolute Gasteiger partial charge is 0.343 e. The van der Waals surface area contributed by atoms with Gasteiger partial charge in [-0.2, -0.15) is 0 Å². The van der Waals surface area contributed by atoms with Crippen molar-refractivity contribution in [2.75, 3.05) is 6.61 Å². The van der Waals surface area contributed by atoms with Crippen LogP contribution in [0.25, 0.3) is 0 Å². The summed E-state index contributed by atoms with van der Waals surface area (Å²) < 4.78 is 16.1. The molecule has 0 radical (unpaired) electrons. The van der Waals surface area contributed by atoms with E-state index in [9.17, 15) is 4.79 Å². The van der Waals surface area contributed by atoms with E-state index in [-0.39, 0.29) is 6.61 Å². The molecule has 0 saturated carbocycles. The van der Waals surface area contributed by atoms with Crippen molar-refractivity contribution >= 4 is 5.97 Å². The molecule has 4 heteroatoms. The van der Waals surface area contributed by atoms with Gasteiger partial charge in [-0.3, -0.25) is 0 Å². The molecule has 0 amide bonds. The summed E-state index contributed by atoms with van der Waals surface area (Å²) in [5.41, 5.74) is 1.52. The van der Waals surface area contributed by atoms with Crippen molar-refractivity contribution in [2.24, 2.45) is 0 Å². The Balaban J connectivity index is 1.79. The minimum absolute atomic E-state index is 0.286. The predicted octanol–water partition coefficient (Wildman–Crippen LogP) is 4.49. The molecule has 2 aromatic rings. The van der Waals surface area contributed by atoms with Crippen LogP contribution in [0.5, 0.6) is 5.75 Å². The number of hydrogen-bond donors (Lipinski definition) is 0. The van der Waals surface area contributed by atoms with Gasteiger partial charge in [0, 0.05) is 0 Å². The summed E-state index contributed by atoms with van der Waals surface area (Å²) in [4.78, 5) is 11.7. The van der Waals surface area contributed by atoms with Crippen LogP contribution in [0.2, 0.25) is 0 Å². The van der Waals surface area contributed by atoms with Gasteiger partial charge in [-0.25, -0.2) is 4.79 Å². The molecule has 124 valence electrons. The maximum Gasteiger partial charge on any atom is 0.343 e. The van der Waals surface area contributed by atoms with Gasteiger partial charge in [0.05, 0.1) is 17.9 Å². The second-order valence-corrected chi connectivity index (χ2v) is 5.24. The van der Waals surface area contributed by atoms with E-state index >= 15 is 0 Å². The van der Waals surface area contributed by atoms with Gasteiger partial charge in [0.25, 0.3) is 0 Å². The first-order valence-corrected chi connectivity index (χ1v) is 7.49. The van der Waals surface area contributed by atoms with Crippen LogP contribution in [0.15, 0.2) is 79.3 Å². The first-order chi connectivity index (χ1) is 11.5. The van der Waals surface area contributed by atoms with Crippen LogP contribution in [0.3, 0.4) is 0 Å². The van der Waals surface area contributed by atoms with Gasteiger partial charge in [0.15, 0.2) is 0 Å². The Morgan fingerprint density at radius 3 is 2.29 bits per heavy atom. The number of carbonyl (C=O) groups excluding carboxylic acids is 1. The van der Waals surface area contributed by atoms with Crippen molar-refractivity contribution in [3.8, 4) is 5.75 Å². The lowest BCUT2D eigenvalue weighted by Crippen LogP contribution is -2.05. The molecule has 0 aliphatic rings. The fourth-order valence-corrected chi connectivity index (χ4v) is 1.93. The molecule has 2 aromatic carbocycles. The molecule has 0 heterocycles. The number of esters is 1. The highest BCUT2D eigenvalue weighted by atomic mass is 16.5. The zero-order chi connectivity index (χ0) is 17.4. The first-order valence-electron chi connectivity index (χ1n) is 7.49. The monoisotopic (exact) mass is 324 g/mol. The summed E-state index contributed by atoms with van der Waals surface area (Å²) in [6.45, 7) is 9.76. The largest absolute Gasteiger partial charge is 0.460 e. The van der Waals surface area contributed by atoms with E-state index in [4.69, 9.17) is 14.2 Å². The minimum Gasteiger partial charge on any atom is -0.460 e. The highest BCUT2D eigenvalue weighted by Crippen LogP contribution is 2.16. The van der Waals surface area contributed by atoms with Gasteiger partial charge >= 0.3 is 5.97 Å². The molecule has 0 unspecified atom stereocenters. The quantitative estimate of drug-likeness (QED) is 0.530. The molecule has 2 rings (SSSR count). The Morgan fingerprint density at radius 1 is 1.00 bits per heavy atom. The van der Waals surface area contributed by atoms with Gasteiger partial charge in [0.2, 0.25) is 0 Å². The topological polar surface area (TPSA) is 44.8 Å². The second kappa shape index (κ2) is 8.70. The first kappa shape index (κ1) is 17.5. The molecule has 0 atom stereocenters. The molecular weight excluding hydrogens is 304 g/mol. The van der Waals surface area contributed by atoms with Crippen molar-refractivity contribution in [3.05, 3.63) is 90.4 Å². The molecule has 0 aliphatic heterocycles. The Kier molecular flexibility index (Phi) is 6.34. The van der Waals surface area contributed by atoms with Crippen molar-refractivity contribution in [2.45, 2.75) is 13.5 Å². The molecule has 4 nitrogen and oxygen atoms in total. The molecule has 0 aliphatic carbocycles. The van der Waals surface area contributed by atoms with E-state index in [1.54, 1.807) is 31.2 Å². The minimum atomic E-state index is -0.445. The van der Waals surface area contributed by atoms with Crippen molar-refractivity contribution in [3.63, 3.8) is 0 Å². The maximum atomic E-state index is 11.7. The number of benzene rings is 2. The van der Waals surface area contributed by atoms with E-state index in [1.165, 1.54) is 0 Å². The number of carbonyl (C=O) groups is 1. The van der Waals surface area contributed by atoms with Crippen LogP contribution in [0.4, 0.5) is 0 Å². The predicted molar refractivity (Wildman–Crippen MR) is 92.5 cm³/mol. The summed E-state index contributed by atoms with van der Waals surface area (Å²) in [6, 6.07) is 16.5. The fourth-order valence-electron chi connectivity index (χ4n) is 1.93. The molecule has 24 heavy (non-hydrogen) atoms. The van der Waals surface area contributed by atoms with Crippen LogP contribution in [0, 0.1) is 0 Å². The van der Waals surface area contributed by atoms with Crippen LogP contribution < -0.4 is 4.74 Å². The van der Waals surface area contributed by atoms with E-state index < -0.39 is 5.97 Å². The lowest BCUT2D eigenvalue weighted by molar-refractivity contribution is 0.0628. The SMILES string of the molecule is C=C(C)OC(=O)c1ccc(OC(=C)COCc2ccccc2)cc1. The normalized spacial score (nSPS) is 10.0. The number of allylic oxidation sites excluding steroid dienone is 1. The fraction of sp³-hybridized carbons (Fsp3) is 0.150. The lowest BCUT2D eigenvalue weighted by Gasteiger charge is -2.10. The Morgan fingerprint density at radius 2 is 1.67 bits per heavy atom. The summed E-state index contributed by atoms with van der Waals surface area (Å²) >= 11 is 0. The summed E-state index contributed by atoms with van der Waals surface area (Å²) in [6.07, 6.45) is 0. The van der Waals surface area contributed by atoms with E-state index in [0.29, 0.717) is 29.4 Å². The van der Waals surface area contributed by atoms with Crippen molar-refractivity contribution in [1.29, 1.82) is 0 Å². The van der Waals surface area contributed by atoms with Gasteiger partial charge in [-0.1, -0.05) is 43.5 Å². The van der Waals surface area contributed by atoms with Crippen LogP contribution in [-0.2, 0) is 16.1 Å². The molecule has 0 bridgehead atoms. The zero-order valence-electron chi connectivity index (χ0n) is 13.7. The summed E-state index contributed by atoms with van der Waals surface area (Å²) in [5, 5.41) is 0. The molecular formula is C20H20O4. The Bertz CT molecular complexity index is 702. The number of ether oxygens (including phenoxy) is 3. The van der Waals surface area contributed by atoms with Crippen LogP contribution >= 0.6 is 0 Å². The Hall–Kier alpha value is -2.85. The summed E-state index contributed by atoms with van der Waals surface area (Å²) in [7, 11) is 0. The van der Waals surface area contributed by atoms with E-state index in [2.05, 4.69) is 13.2 Å². The highest BCUT2D eigenvalue weighted by molar-refractivity contribution is 5.90. The average Bonchev–Trinajstić information content (AvgIpc) is 2.56. The molecule has 0 fully saturated rings. The van der Waals surface area contributed by atoms with E-state index in [1.807, 2.05) is 30.3 Å². The van der Waals surface area contributed by atoms with Gasteiger partial charge in [-0.15, -0.1) is 0 Å². The van der Waals surface area contributed by atoms with Gasteiger partial charge < -0.3 is 14.2 Å². The molecule has 0 saturated heterocycles. The zero-order valence-corrected chi connectivity index (χ0v) is 13.7. The van der Waals surface area contributed by atoms with Crippen molar-refractivity contribution < 1.29 is 19.0 Å². The Labute approximate surface area is 142 Å². The van der Waals surface area contributed by atoms with Crippen LogP contribution in [-0.4, -0.2) is 12.6 Å².